The molecule has 2 N–H and O–H groups in total. The van der Waals surface area contributed by atoms with Crippen molar-refractivity contribution in [2.45, 2.75) is 12.8 Å². The van der Waals surface area contributed by atoms with Crippen molar-refractivity contribution in [1.82, 2.24) is 0 Å². The quantitative estimate of drug-likeness (QED) is 0.408. The van der Waals surface area contributed by atoms with Gasteiger partial charge in [-0.15, -0.1) is 0 Å². The summed E-state index contributed by atoms with van der Waals surface area (Å²) >= 11 is 0. The zero-order valence-corrected chi connectivity index (χ0v) is 16.5. The fourth-order valence-corrected chi connectivity index (χ4v) is 3.07. The second-order valence-electron chi connectivity index (χ2n) is 5.93. The van der Waals surface area contributed by atoms with E-state index in [1.54, 1.807) is 18.3 Å². The topological polar surface area (TPSA) is 76.7 Å². The van der Waals surface area contributed by atoms with Crippen molar-refractivity contribution in [3.8, 4) is 5.75 Å². The third-order valence-electron chi connectivity index (χ3n) is 3.81. The van der Waals surface area contributed by atoms with E-state index in [0.29, 0.717) is 30.8 Å². The highest BCUT2D eigenvalue weighted by Gasteiger charge is 2.08. The molecule has 0 spiro atoms. The highest BCUT2D eigenvalue weighted by molar-refractivity contribution is 7.86. The molecule has 28 heavy (non-hydrogen) atoms. The van der Waals surface area contributed by atoms with Crippen molar-refractivity contribution in [3.05, 3.63) is 66.6 Å². The van der Waals surface area contributed by atoms with Crippen LogP contribution in [0.2, 0.25) is 0 Å². The monoisotopic (exact) mass is 408 g/mol. The van der Waals surface area contributed by atoms with Crippen molar-refractivity contribution >= 4 is 21.5 Å². The lowest BCUT2D eigenvalue weighted by molar-refractivity contribution is 0.362. The number of hydrogen-bond acceptors (Lipinski definition) is 6. The largest absolute Gasteiger partial charge is 0.487 e. The molecule has 152 valence electrons. The van der Waals surface area contributed by atoms with E-state index >= 15 is 0 Å². The van der Waals surface area contributed by atoms with Crippen LogP contribution in [0.1, 0.15) is 12.8 Å². The van der Waals surface area contributed by atoms with Crippen molar-refractivity contribution in [2.24, 2.45) is 0 Å². The van der Waals surface area contributed by atoms with Crippen LogP contribution in [0.15, 0.2) is 60.8 Å². The minimum atomic E-state index is -3.43. The van der Waals surface area contributed by atoms with Gasteiger partial charge in [0.2, 0.25) is 0 Å². The van der Waals surface area contributed by atoms with Crippen LogP contribution in [0.25, 0.3) is 0 Å². The lowest BCUT2D eigenvalue weighted by Gasteiger charge is -2.12. The van der Waals surface area contributed by atoms with Gasteiger partial charge in [-0.2, -0.15) is 8.42 Å². The van der Waals surface area contributed by atoms with Gasteiger partial charge in [-0.05, 0) is 43.2 Å². The van der Waals surface area contributed by atoms with E-state index in [-0.39, 0.29) is 12.4 Å². The first-order valence-corrected chi connectivity index (χ1v) is 10.5. The average Bonchev–Trinajstić information content (AvgIpc) is 2.69. The molecule has 0 aliphatic rings. The molecular weight excluding hydrogens is 383 g/mol. The molecule has 0 aliphatic heterocycles. The van der Waals surface area contributed by atoms with Crippen LogP contribution in [0.3, 0.4) is 0 Å². The maximum Gasteiger partial charge on any atom is 0.267 e. The van der Waals surface area contributed by atoms with Crippen LogP contribution in [0, 0.1) is 5.82 Å². The highest BCUT2D eigenvalue weighted by atomic mass is 32.2. The molecular formula is C20H25FN2O4S. The standard InChI is InChI=1S/C20H25FN2O4S/c1-26-28(24,25)15-6-5-12-23-19-11-10-17(21)16-20(19)27-14-7-13-22-18-8-3-2-4-9-18/h2-4,7-11,13,16,22-23H,5-6,12,14-15H2,1H3/b13-7+. The summed E-state index contributed by atoms with van der Waals surface area (Å²) in [4.78, 5) is 0. The van der Waals surface area contributed by atoms with Gasteiger partial charge in [-0.25, -0.2) is 4.39 Å². The molecule has 0 saturated carbocycles. The SMILES string of the molecule is COS(=O)(=O)CCCCNc1ccc(F)cc1OC/C=C/Nc1ccccc1. The molecule has 2 aromatic carbocycles. The summed E-state index contributed by atoms with van der Waals surface area (Å²) in [6, 6.07) is 13.9. The maximum atomic E-state index is 13.5. The van der Waals surface area contributed by atoms with E-state index < -0.39 is 15.9 Å². The molecule has 0 saturated heterocycles. The highest BCUT2D eigenvalue weighted by Crippen LogP contribution is 2.25. The van der Waals surface area contributed by atoms with Gasteiger partial charge in [0.1, 0.15) is 18.2 Å². The first-order chi connectivity index (χ1) is 13.5. The summed E-state index contributed by atoms with van der Waals surface area (Å²) in [5, 5.41) is 6.26. The minimum Gasteiger partial charge on any atom is -0.487 e. The number of hydrogen-bond donors (Lipinski definition) is 2. The lowest BCUT2D eigenvalue weighted by atomic mass is 10.2. The van der Waals surface area contributed by atoms with Gasteiger partial charge in [0.15, 0.2) is 0 Å². The fraction of sp³-hybridized carbons (Fsp3) is 0.300. The van der Waals surface area contributed by atoms with Crippen molar-refractivity contribution < 1.29 is 21.7 Å². The lowest BCUT2D eigenvalue weighted by Crippen LogP contribution is -2.10. The Morgan fingerprint density at radius 3 is 2.64 bits per heavy atom. The minimum absolute atomic E-state index is 0.0306. The summed E-state index contributed by atoms with van der Waals surface area (Å²) in [6.45, 7) is 0.802. The Morgan fingerprint density at radius 2 is 1.89 bits per heavy atom. The number of benzene rings is 2. The molecule has 0 amide bonds. The number of rotatable bonds is 12. The molecule has 0 aliphatic carbocycles. The van der Waals surface area contributed by atoms with Crippen LogP contribution in [0.4, 0.5) is 15.8 Å². The predicted molar refractivity (Wildman–Crippen MR) is 110 cm³/mol. The Morgan fingerprint density at radius 1 is 1.11 bits per heavy atom. The van der Waals surface area contributed by atoms with E-state index in [4.69, 9.17) is 4.74 Å². The first kappa shape index (κ1) is 21.7. The Labute approximate surface area is 165 Å². The molecule has 0 unspecified atom stereocenters. The second kappa shape index (κ2) is 11.3. The van der Waals surface area contributed by atoms with E-state index in [1.807, 2.05) is 30.3 Å². The summed E-state index contributed by atoms with van der Waals surface area (Å²) in [5.41, 5.74) is 1.61. The Balaban J connectivity index is 1.79. The Hall–Kier alpha value is -2.58. The number of halogens is 1. The molecule has 0 aromatic heterocycles. The molecule has 2 aromatic rings. The molecule has 0 atom stereocenters. The number of ether oxygens (including phenoxy) is 1. The number of unbranched alkanes of at least 4 members (excludes halogenated alkanes) is 1. The van der Waals surface area contributed by atoms with Gasteiger partial charge in [0, 0.05) is 24.5 Å². The van der Waals surface area contributed by atoms with Gasteiger partial charge in [0.25, 0.3) is 10.1 Å². The summed E-state index contributed by atoms with van der Waals surface area (Å²) in [6.07, 6.45) is 4.64. The third kappa shape index (κ3) is 7.98. The van der Waals surface area contributed by atoms with Crippen LogP contribution in [-0.2, 0) is 14.3 Å². The van der Waals surface area contributed by atoms with E-state index in [1.165, 1.54) is 12.1 Å². The summed E-state index contributed by atoms with van der Waals surface area (Å²) in [7, 11) is -2.28. The number of nitrogens with one attached hydrogen (secondary N) is 2. The Bertz CT molecular complexity index is 858. The zero-order valence-electron chi connectivity index (χ0n) is 15.7. The van der Waals surface area contributed by atoms with Crippen molar-refractivity contribution in [1.29, 1.82) is 0 Å². The Kier molecular flexibility index (Phi) is 8.77. The fourth-order valence-electron chi connectivity index (χ4n) is 2.35. The van der Waals surface area contributed by atoms with Crippen LogP contribution < -0.4 is 15.4 Å². The van der Waals surface area contributed by atoms with E-state index in [0.717, 1.165) is 12.8 Å². The molecule has 0 fully saturated rings. The second-order valence-corrected chi connectivity index (χ2v) is 7.78. The first-order valence-electron chi connectivity index (χ1n) is 8.91. The number of para-hydroxylation sites is 1. The maximum absolute atomic E-state index is 13.5. The number of anilines is 2. The van der Waals surface area contributed by atoms with Crippen LogP contribution in [0.5, 0.6) is 5.75 Å². The molecule has 6 nitrogen and oxygen atoms in total. The van der Waals surface area contributed by atoms with Gasteiger partial charge in [0.05, 0.1) is 18.6 Å². The summed E-state index contributed by atoms with van der Waals surface area (Å²) < 4.78 is 46.1. The van der Waals surface area contributed by atoms with Crippen LogP contribution in [-0.4, -0.2) is 34.4 Å². The molecule has 0 radical (unpaired) electrons. The van der Waals surface area contributed by atoms with Crippen LogP contribution >= 0.6 is 0 Å². The summed E-state index contributed by atoms with van der Waals surface area (Å²) in [5.74, 6) is -0.0241. The normalized spacial score (nSPS) is 11.5. The molecule has 0 bridgehead atoms. The molecule has 2 rings (SSSR count). The van der Waals surface area contributed by atoms with E-state index in [9.17, 15) is 12.8 Å². The van der Waals surface area contributed by atoms with Gasteiger partial charge < -0.3 is 15.4 Å². The van der Waals surface area contributed by atoms with Gasteiger partial charge in [-0.1, -0.05) is 18.2 Å². The zero-order chi connectivity index (χ0) is 20.2. The molecule has 0 heterocycles. The third-order valence-corrected chi connectivity index (χ3v) is 5.11. The average molecular weight is 408 g/mol. The van der Waals surface area contributed by atoms with Gasteiger partial charge >= 0.3 is 0 Å². The predicted octanol–water partition coefficient (Wildman–Crippen LogP) is 4.00. The smallest absolute Gasteiger partial charge is 0.267 e. The van der Waals surface area contributed by atoms with Gasteiger partial charge in [-0.3, -0.25) is 4.18 Å². The van der Waals surface area contributed by atoms with Crippen molar-refractivity contribution in [3.63, 3.8) is 0 Å². The van der Waals surface area contributed by atoms with E-state index in [2.05, 4.69) is 14.8 Å². The van der Waals surface area contributed by atoms with Crippen molar-refractivity contribution in [2.75, 3.05) is 36.6 Å². The molecule has 8 heteroatoms.